The maximum Gasteiger partial charge on any atom is 0.310 e. The fourth-order valence-electron chi connectivity index (χ4n) is 3.11. The molecule has 0 aromatic heterocycles. The van der Waals surface area contributed by atoms with Gasteiger partial charge in [-0.05, 0) is 37.9 Å². The third-order valence-corrected chi connectivity index (χ3v) is 4.25. The number of carboxylic acid groups (broad SMARTS) is 1. The molecule has 1 aliphatic heterocycles. The molecule has 1 unspecified atom stereocenters. The molecule has 0 amide bonds. The number of aliphatic carboxylic acids is 1. The molecule has 1 atom stereocenters. The van der Waals surface area contributed by atoms with E-state index in [0.717, 1.165) is 44.5 Å². The molecular weight excluding hydrogens is 266 g/mol. The molecule has 1 heterocycles. The first-order chi connectivity index (χ1) is 10.2. The van der Waals surface area contributed by atoms with Crippen LogP contribution in [0.4, 0.5) is 0 Å². The van der Waals surface area contributed by atoms with Gasteiger partial charge in [0.05, 0.1) is 12.0 Å². The van der Waals surface area contributed by atoms with Crippen molar-refractivity contribution in [3.63, 3.8) is 0 Å². The molecular formula is C17H25NO3. The van der Waals surface area contributed by atoms with Crippen molar-refractivity contribution in [2.45, 2.75) is 32.6 Å². The Kier molecular flexibility index (Phi) is 5.62. The second-order valence-electron chi connectivity index (χ2n) is 5.88. The third kappa shape index (κ3) is 4.21. The molecule has 1 N–H and O–H groups in total. The highest BCUT2D eigenvalue weighted by molar-refractivity contribution is 5.75. The Balaban J connectivity index is 1.71. The molecule has 1 aromatic rings. The van der Waals surface area contributed by atoms with Gasteiger partial charge in [-0.1, -0.05) is 31.5 Å². The molecule has 0 spiro atoms. The molecule has 2 rings (SSSR count). The predicted octanol–water partition coefficient (Wildman–Crippen LogP) is 3.03. The number of likely N-dealkylation sites (tertiary alicyclic amines) is 1. The van der Waals surface area contributed by atoms with E-state index < -0.39 is 11.4 Å². The van der Waals surface area contributed by atoms with Gasteiger partial charge in [0.15, 0.2) is 0 Å². The summed E-state index contributed by atoms with van der Waals surface area (Å²) in [5, 5.41) is 9.48. The van der Waals surface area contributed by atoms with Gasteiger partial charge in [-0.15, -0.1) is 0 Å². The molecule has 0 aliphatic carbocycles. The van der Waals surface area contributed by atoms with E-state index in [9.17, 15) is 9.90 Å². The van der Waals surface area contributed by atoms with Crippen molar-refractivity contribution in [2.75, 3.05) is 26.2 Å². The standard InChI is InChI=1S/C17H25NO3/c1-2-9-17(16(19)20)10-12-18(14-17)11-6-13-21-15-7-4-3-5-8-15/h3-5,7-8H,2,6,9-14H2,1H3,(H,19,20). The van der Waals surface area contributed by atoms with Crippen LogP contribution in [0.25, 0.3) is 0 Å². The van der Waals surface area contributed by atoms with Crippen LogP contribution >= 0.6 is 0 Å². The van der Waals surface area contributed by atoms with Crippen LogP contribution in [0.5, 0.6) is 5.75 Å². The molecule has 4 heteroatoms. The molecule has 1 saturated heterocycles. The number of ether oxygens (including phenoxy) is 1. The molecule has 4 nitrogen and oxygen atoms in total. The van der Waals surface area contributed by atoms with Crippen LogP contribution in [0.15, 0.2) is 30.3 Å². The van der Waals surface area contributed by atoms with E-state index in [4.69, 9.17) is 4.74 Å². The first kappa shape index (κ1) is 15.8. The number of nitrogens with zero attached hydrogens (tertiary/aromatic N) is 1. The lowest BCUT2D eigenvalue weighted by atomic mass is 9.83. The second-order valence-corrected chi connectivity index (χ2v) is 5.88. The van der Waals surface area contributed by atoms with Gasteiger partial charge in [0.1, 0.15) is 5.75 Å². The van der Waals surface area contributed by atoms with Gasteiger partial charge < -0.3 is 14.7 Å². The highest BCUT2D eigenvalue weighted by Crippen LogP contribution is 2.35. The van der Waals surface area contributed by atoms with Crippen LogP contribution in [0, 0.1) is 5.41 Å². The lowest BCUT2D eigenvalue weighted by Gasteiger charge is -2.24. The molecule has 0 bridgehead atoms. The number of benzene rings is 1. The van der Waals surface area contributed by atoms with Gasteiger partial charge in [-0.3, -0.25) is 4.79 Å². The van der Waals surface area contributed by atoms with E-state index in [-0.39, 0.29) is 0 Å². The zero-order valence-electron chi connectivity index (χ0n) is 12.8. The summed E-state index contributed by atoms with van der Waals surface area (Å²) in [5.41, 5.74) is -0.519. The highest BCUT2D eigenvalue weighted by Gasteiger charge is 2.43. The largest absolute Gasteiger partial charge is 0.494 e. The zero-order chi connectivity index (χ0) is 15.1. The summed E-state index contributed by atoms with van der Waals surface area (Å²) in [4.78, 5) is 13.8. The van der Waals surface area contributed by atoms with E-state index in [1.165, 1.54) is 0 Å². The normalized spacial score (nSPS) is 22.3. The fraction of sp³-hybridized carbons (Fsp3) is 0.588. The van der Waals surface area contributed by atoms with Crippen LogP contribution in [0.1, 0.15) is 32.6 Å². The summed E-state index contributed by atoms with van der Waals surface area (Å²) in [5.74, 6) is 0.261. The van der Waals surface area contributed by atoms with Crippen molar-refractivity contribution in [1.29, 1.82) is 0 Å². The van der Waals surface area contributed by atoms with Crippen LogP contribution in [0.3, 0.4) is 0 Å². The molecule has 1 fully saturated rings. The van der Waals surface area contributed by atoms with Gasteiger partial charge in [-0.25, -0.2) is 0 Å². The summed E-state index contributed by atoms with van der Waals surface area (Å²) in [6.07, 6.45) is 3.41. The smallest absolute Gasteiger partial charge is 0.310 e. The van der Waals surface area contributed by atoms with E-state index in [1.54, 1.807) is 0 Å². The van der Waals surface area contributed by atoms with Gasteiger partial charge >= 0.3 is 5.97 Å². The number of carboxylic acids is 1. The van der Waals surface area contributed by atoms with Crippen molar-refractivity contribution >= 4 is 5.97 Å². The molecule has 116 valence electrons. The minimum Gasteiger partial charge on any atom is -0.494 e. The number of carbonyl (C=O) groups is 1. The Bertz CT molecular complexity index is 449. The van der Waals surface area contributed by atoms with Crippen molar-refractivity contribution in [2.24, 2.45) is 5.41 Å². The Labute approximate surface area is 126 Å². The van der Waals surface area contributed by atoms with Crippen molar-refractivity contribution in [3.05, 3.63) is 30.3 Å². The summed E-state index contributed by atoms with van der Waals surface area (Å²) >= 11 is 0. The van der Waals surface area contributed by atoms with Crippen molar-refractivity contribution in [3.8, 4) is 5.75 Å². The number of hydrogen-bond acceptors (Lipinski definition) is 3. The zero-order valence-corrected chi connectivity index (χ0v) is 12.8. The van der Waals surface area contributed by atoms with Gasteiger partial charge in [0.25, 0.3) is 0 Å². The minimum absolute atomic E-state index is 0.519. The maximum atomic E-state index is 11.5. The van der Waals surface area contributed by atoms with E-state index in [0.29, 0.717) is 13.2 Å². The lowest BCUT2D eigenvalue weighted by Crippen LogP contribution is -2.35. The fourth-order valence-corrected chi connectivity index (χ4v) is 3.11. The molecule has 0 radical (unpaired) electrons. The maximum absolute atomic E-state index is 11.5. The number of para-hydroxylation sites is 1. The van der Waals surface area contributed by atoms with E-state index in [2.05, 4.69) is 11.8 Å². The van der Waals surface area contributed by atoms with Crippen LogP contribution in [0.2, 0.25) is 0 Å². The third-order valence-electron chi connectivity index (χ3n) is 4.25. The molecule has 1 aliphatic rings. The van der Waals surface area contributed by atoms with E-state index in [1.807, 2.05) is 30.3 Å². The first-order valence-electron chi connectivity index (χ1n) is 7.80. The lowest BCUT2D eigenvalue weighted by molar-refractivity contribution is -0.148. The monoisotopic (exact) mass is 291 g/mol. The predicted molar refractivity (Wildman–Crippen MR) is 82.6 cm³/mol. The first-order valence-corrected chi connectivity index (χ1v) is 7.80. The highest BCUT2D eigenvalue weighted by atomic mass is 16.5. The topological polar surface area (TPSA) is 49.8 Å². The average molecular weight is 291 g/mol. The summed E-state index contributed by atoms with van der Waals surface area (Å²) in [6.45, 7) is 5.21. The van der Waals surface area contributed by atoms with Crippen molar-refractivity contribution in [1.82, 2.24) is 4.90 Å². The summed E-state index contributed by atoms with van der Waals surface area (Å²) in [6, 6.07) is 9.79. The Morgan fingerprint density at radius 2 is 2.14 bits per heavy atom. The van der Waals surface area contributed by atoms with Crippen LogP contribution < -0.4 is 4.74 Å². The van der Waals surface area contributed by atoms with Crippen LogP contribution in [-0.2, 0) is 4.79 Å². The summed E-state index contributed by atoms with van der Waals surface area (Å²) in [7, 11) is 0. The Morgan fingerprint density at radius 3 is 2.81 bits per heavy atom. The molecule has 21 heavy (non-hydrogen) atoms. The summed E-state index contributed by atoms with van der Waals surface area (Å²) < 4.78 is 5.67. The quantitative estimate of drug-likeness (QED) is 0.748. The number of rotatable bonds is 8. The Hall–Kier alpha value is -1.55. The van der Waals surface area contributed by atoms with Gasteiger partial charge in [0.2, 0.25) is 0 Å². The number of hydrogen-bond donors (Lipinski definition) is 1. The Morgan fingerprint density at radius 1 is 1.38 bits per heavy atom. The second kappa shape index (κ2) is 7.46. The minimum atomic E-state index is -0.632. The van der Waals surface area contributed by atoms with E-state index >= 15 is 0 Å². The molecule has 0 saturated carbocycles. The SMILES string of the molecule is CCCC1(C(=O)O)CCN(CCCOc2ccccc2)C1. The van der Waals surface area contributed by atoms with Gasteiger partial charge in [-0.2, -0.15) is 0 Å². The van der Waals surface area contributed by atoms with Gasteiger partial charge in [0, 0.05) is 13.1 Å². The van der Waals surface area contributed by atoms with Crippen molar-refractivity contribution < 1.29 is 14.6 Å². The average Bonchev–Trinajstić information content (AvgIpc) is 2.90. The van der Waals surface area contributed by atoms with Crippen LogP contribution in [-0.4, -0.2) is 42.2 Å². The molecule has 1 aromatic carbocycles.